The molecule has 0 saturated heterocycles. The fourth-order valence-electron chi connectivity index (χ4n) is 1.84. The van der Waals surface area contributed by atoms with E-state index in [0.717, 1.165) is 27.8 Å². The molecule has 3 aromatic rings. The lowest BCUT2D eigenvalue weighted by Gasteiger charge is -2.08. The molecular formula is C14H12ClN3O2S3. The van der Waals surface area contributed by atoms with Crippen molar-refractivity contribution < 1.29 is 8.42 Å². The molecule has 3 rings (SSSR count). The summed E-state index contributed by atoms with van der Waals surface area (Å²) in [5.74, 6) is 0. The van der Waals surface area contributed by atoms with Gasteiger partial charge in [-0.05, 0) is 37.3 Å². The molecule has 0 unspecified atom stereocenters. The minimum absolute atomic E-state index is 0.177. The number of aromatic nitrogens is 1. The van der Waals surface area contributed by atoms with E-state index in [4.69, 9.17) is 11.6 Å². The van der Waals surface area contributed by atoms with E-state index in [1.165, 1.54) is 17.4 Å². The number of rotatable bonds is 5. The summed E-state index contributed by atoms with van der Waals surface area (Å²) in [5, 5.41) is 5.85. The Bertz CT molecular complexity index is 934. The van der Waals surface area contributed by atoms with Gasteiger partial charge in [-0.2, -0.15) is 0 Å². The van der Waals surface area contributed by atoms with Gasteiger partial charge in [-0.15, -0.1) is 22.7 Å². The number of thiazole rings is 1. The highest BCUT2D eigenvalue weighted by Crippen LogP contribution is 2.28. The molecule has 2 N–H and O–H groups in total. The van der Waals surface area contributed by atoms with Crippen LogP contribution in [-0.4, -0.2) is 13.4 Å². The molecule has 0 atom stereocenters. The van der Waals surface area contributed by atoms with E-state index < -0.39 is 10.0 Å². The largest absolute Gasteiger partial charge is 0.331 e. The van der Waals surface area contributed by atoms with E-state index in [0.29, 0.717) is 10.0 Å². The normalized spacial score (nSPS) is 11.4. The van der Waals surface area contributed by atoms with Crippen molar-refractivity contribution in [3.05, 3.63) is 51.8 Å². The molecule has 2 aromatic heterocycles. The highest BCUT2D eigenvalue weighted by molar-refractivity contribution is 7.94. The highest BCUT2D eigenvalue weighted by Gasteiger charge is 2.16. The van der Waals surface area contributed by atoms with Gasteiger partial charge in [-0.25, -0.2) is 13.4 Å². The second-order valence-electron chi connectivity index (χ2n) is 4.66. The van der Waals surface area contributed by atoms with E-state index in [1.807, 2.05) is 18.4 Å². The maximum Gasteiger partial charge on any atom is 0.271 e. The van der Waals surface area contributed by atoms with Gasteiger partial charge in [-0.3, -0.25) is 4.72 Å². The van der Waals surface area contributed by atoms with E-state index in [9.17, 15) is 8.42 Å². The molecule has 0 amide bonds. The summed E-state index contributed by atoms with van der Waals surface area (Å²) in [6, 6.07) is 10.0. The van der Waals surface area contributed by atoms with Gasteiger partial charge in [0.25, 0.3) is 10.0 Å². The maximum atomic E-state index is 12.3. The predicted octanol–water partition coefficient (Wildman–Crippen LogP) is 4.71. The summed E-state index contributed by atoms with van der Waals surface area (Å²) in [6.45, 7) is 1.92. The Kier molecular flexibility index (Phi) is 4.58. The summed E-state index contributed by atoms with van der Waals surface area (Å²) in [4.78, 5) is 4.32. The van der Waals surface area contributed by atoms with Crippen LogP contribution in [-0.2, 0) is 10.0 Å². The first-order chi connectivity index (χ1) is 10.9. The van der Waals surface area contributed by atoms with Crippen molar-refractivity contribution in [1.29, 1.82) is 0 Å². The standard InChI is InChI=1S/C14H12ClN3O2S3/c1-9-8-21-14(16-9)17-10-3-2-4-11(7-10)18-23(19,20)13-6-5-12(15)22-13/h2-8,18H,1H3,(H,16,17). The maximum absolute atomic E-state index is 12.3. The van der Waals surface area contributed by atoms with Crippen LogP contribution in [0.25, 0.3) is 0 Å². The number of sulfonamides is 1. The summed E-state index contributed by atoms with van der Waals surface area (Å²) >= 11 is 8.30. The molecule has 2 heterocycles. The van der Waals surface area contributed by atoms with Crippen molar-refractivity contribution in [2.24, 2.45) is 0 Å². The lowest BCUT2D eigenvalue weighted by Crippen LogP contribution is -2.11. The number of halogens is 1. The van der Waals surface area contributed by atoms with Crippen LogP contribution < -0.4 is 10.0 Å². The van der Waals surface area contributed by atoms with E-state index in [-0.39, 0.29) is 4.21 Å². The third-order valence-corrected chi connectivity index (χ3v) is 6.78. The molecule has 0 spiro atoms. The SMILES string of the molecule is Cc1csc(Nc2cccc(NS(=O)(=O)c3ccc(Cl)s3)c2)n1. The van der Waals surface area contributed by atoms with E-state index in [2.05, 4.69) is 15.0 Å². The molecular weight excluding hydrogens is 374 g/mol. The van der Waals surface area contributed by atoms with Crippen LogP contribution in [0, 0.1) is 6.92 Å². The van der Waals surface area contributed by atoms with Gasteiger partial charge in [0.15, 0.2) is 5.13 Å². The summed E-state index contributed by atoms with van der Waals surface area (Å²) in [7, 11) is -3.63. The average molecular weight is 386 g/mol. The van der Waals surface area contributed by atoms with Gasteiger partial charge in [0.2, 0.25) is 0 Å². The summed E-state index contributed by atoms with van der Waals surface area (Å²) in [5.41, 5.74) is 2.15. The zero-order valence-electron chi connectivity index (χ0n) is 11.9. The Morgan fingerprint density at radius 3 is 2.61 bits per heavy atom. The number of hydrogen-bond acceptors (Lipinski definition) is 6. The zero-order valence-corrected chi connectivity index (χ0v) is 15.1. The van der Waals surface area contributed by atoms with Gasteiger partial charge < -0.3 is 5.32 Å². The zero-order chi connectivity index (χ0) is 16.4. The average Bonchev–Trinajstić information content (AvgIpc) is 3.08. The van der Waals surface area contributed by atoms with Gasteiger partial charge in [0.1, 0.15) is 4.21 Å². The summed E-state index contributed by atoms with van der Waals surface area (Å²) < 4.78 is 27.7. The minimum atomic E-state index is -3.63. The lowest BCUT2D eigenvalue weighted by molar-refractivity contribution is 0.603. The first-order valence-electron chi connectivity index (χ1n) is 6.50. The lowest BCUT2D eigenvalue weighted by atomic mass is 10.3. The fraction of sp³-hybridized carbons (Fsp3) is 0.0714. The molecule has 0 fully saturated rings. The van der Waals surface area contributed by atoms with Crippen molar-refractivity contribution in [3.8, 4) is 0 Å². The third kappa shape index (κ3) is 4.03. The molecule has 9 heteroatoms. The van der Waals surface area contributed by atoms with Gasteiger partial charge in [0, 0.05) is 11.1 Å². The van der Waals surface area contributed by atoms with Crippen molar-refractivity contribution in [2.45, 2.75) is 11.1 Å². The summed E-state index contributed by atoms with van der Waals surface area (Å²) in [6.07, 6.45) is 0. The van der Waals surface area contributed by atoms with E-state index >= 15 is 0 Å². The van der Waals surface area contributed by atoms with Crippen LogP contribution in [0.15, 0.2) is 46.0 Å². The number of nitrogens with one attached hydrogen (secondary N) is 2. The highest BCUT2D eigenvalue weighted by atomic mass is 35.5. The fourth-order valence-corrected chi connectivity index (χ4v) is 5.08. The monoisotopic (exact) mass is 385 g/mol. The Labute approximate surface area is 147 Å². The minimum Gasteiger partial charge on any atom is -0.331 e. The number of anilines is 3. The first kappa shape index (κ1) is 16.3. The van der Waals surface area contributed by atoms with Crippen LogP contribution in [0.3, 0.4) is 0 Å². The van der Waals surface area contributed by atoms with Crippen LogP contribution in [0.5, 0.6) is 0 Å². The van der Waals surface area contributed by atoms with Crippen LogP contribution >= 0.6 is 34.3 Å². The Hall–Kier alpha value is -1.61. The molecule has 0 bridgehead atoms. The second kappa shape index (κ2) is 6.48. The number of hydrogen-bond donors (Lipinski definition) is 2. The molecule has 0 radical (unpaired) electrons. The first-order valence-corrected chi connectivity index (χ1v) is 10.1. The Morgan fingerprint density at radius 2 is 1.96 bits per heavy atom. The third-order valence-electron chi connectivity index (χ3n) is 2.80. The van der Waals surface area contributed by atoms with E-state index in [1.54, 1.807) is 24.3 Å². The second-order valence-corrected chi connectivity index (χ2v) is 9.15. The van der Waals surface area contributed by atoms with Gasteiger partial charge in [0.05, 0.1) is 15.7 Å². The van der Waals surface area contributed by atoms with Gasteiger partial charge in [-0.1, -0.05) is 17.7 Å². The van der Waals surface area contributed by atoms with Gasteiger partial charge >= 0.3 is 0 Å². The molecule has 1 aromatic carbocycles. The van der Waals surface area contributed by atoms with Crippen molar-refractivity contribution in [2.75, 3.05) is 10.0 Å². The molecule has 0 saturated carbocycles. The van der Waals surface area contributed by atoms with Crippen molar-refractivity contribution in [1.82, 2.24) is 4.98 Å². The smallest absolute Gasteiger partial charge is 0.271 e. The number of benzene rings is 1. The molecule has 23 heavy (non-hydrogen) atoms. The van der Waals surface area contributed by atoms with Crippen molar-refractivity contribution >= 4 is 60.8 Å². The number of nitrogens with zero attached hydrogens (tertiary/aromatic N) is 1. The topological polar surface area (TPSA) is 71.1 Å². The van der Waals surface area contributed by atoms with Crippen LogP contribution in [0.4, 0.5) is 16.5 Å². The molecule has 120 valence electrons. The molecule has 0 aliphatic heterocycles. The predicted molar refractivity (Wildman–Crippen MR) is 96.7 cm³/mol. The quantitative estimate of drug-likeness (QED) is 0.667. The number of thiophene rings is 1. The van der Waals surface area contributed by atoms with Crippen LogP contribution in [0.1, 0.15) is 5.69 Å². The Morgan fingerprint density at radius 1 is 1.17 bits per heavy atom. The molecule has 0 aliphatic rings. The van der Waals surface area contributed by atoms with Crippen molar-refractivity contribution in [3.63, 3.8) is 0 Å². The Balaban J connectivity index is 1.80. The molecule has 0 aliphatic carbocycles. The molecule has 5 nitrogen and oxygen atoms in total. The number of aryl methyl sites for hydroxylation is 1. The van der Waals surface area contributed by atoms with Crippen LogP contribution in [0.2, 0.25) is 4.34 Å².